The molecule has 0 atom stereocenters. The molecule has 2 N–H and O–H groups in total. The number of hydrogen-bond donors (Lipinski definition) is 2. The second kappa shape index (κ2) is 6.28. The van der Waals surface area contributed by atoms with E-state index in [4.69, 9.17) is 4.42 Å². The summed E-state index contributed by atoms with van der Waals surface area (Å²) >= 11 is 0. The lowest BCUT2D eigenvalue weighted by Crippen LogP contribution is -2.31. The highest BCUT2D eigenvalue weighted by molar-refractivity contribution is 7.89. The van der Waals surface area contributed by atoms with Gasteiger partial charge in [-0.2, -0.15) is 0 Å². The van der Waals surface area contributed by atoms with Crippen LogP contribution in [0.3, 0.4) is 0 Å². The van der Waals surface area contributed by atoms with Crippen LogP contribution in [-0.4, -0.2) is 22.0 Å². The van der Waals surface area contributed by atoms with Gasteiger partial charge in [-0.3, -0.25) is 0 Å². The molecule has 1 aromatic heterocycles. The molecule has 0 spiro atoms. The Kier molecular flexibility index (Phi) is 4.88. The van der Waals surface area contributed by atoms with E-state index in [0.717, 1.165) is 6.54 Å². The number of furan rings is 1. The van der Waals surface area contributed by atoms with E-state index in [1.165, 1.54) is 45.2 Å². The second-order valence-corrected chi connectivity index (χ2v) is 7.41. The van der Waals surface area contributed by atoms with Crippen molar-refractivity contribution in [2.45, 2.75) is 50.7 Å². The first-order chi connectivity index (χ1) is 9.51. The lowest BCUT2D eigenvalue weighted by Gasteiger charge is -2.27. The Morgan fingerprint density at radius 2 is 2.00 bits per heavy atom. The lowest BCUT2D eigenvalue weighted by molar-refractivity contribution is 0.263. The summed E-state index contributed by atoms with van der Waals surface area (Å²) in [6.07, 6.45) is 6.40. The summed E-state index contributed by atoms with van der Waals surface area (Å²) < 4.78 is 30.7. The highest BCUT2D eigenvalue weighted by atomic mass is 32.2. The van der Waals surface area contributed by atoms with Crippen molar-refractivity contribution in [3.63, 3.8) is 0 Å². The van der Waals surface area contributed by atoms with Crippen molar-refractivity contribution in [2.24, 2.45) is 5.41 Å². The maximum atomic E-state index is 11.6. The van der Waals surface area contributed by atoms with E-state index < -0.39 is 10.0 Å². The number of hydrogen-bond acceptors (Lipinski definition) is 4. The molecule has 0 unspecified atom stereocenters. The molecule has 20 heavy (non-hydrogen) atoms. The molecule has 1 fully saturated rings. The Morgan fingerprint density at radius 3 is 2.60 bits per heavy atom. The van der Waals surface area contributed by atoms with Crippen molar-refractivity contribution in [3.8, 4) is 0 Å². The third-order valence-electron chi connectivity index (χ3n) is 4.38. The van der Waals surface area contributed by atoms with Crippen LogP contribution in [0.1, 0.15) is 44.8 Å². The van der Waals surface area contributed by atoms with E-state index in [9.17, 15) is 8.42 Å². The molecule has 2 rings (SSSR count). The van der Waals surface area contributed by atoms with Gasteiger partial charge in [0.2, 0.25) is 5.09 Å². The first-order valence-electron chi connectivity index (χ1n) is 7.24. The van der Waals surface area contributed by atoms with Crippen molar-refractivity contribution < 1.29 is 12.8 Å². The first-order valence-corrected chi connectivity index (χ1v) is 8.73. The summed E-state index contributed by atoms with van der Waals surface area (Å²) in [5, 5.41) is 3.38. The van der Waals surface area contributed by atoms with Gasteiger partial charge in [-0.15, -0.1) is 0 Å². The van der Waals surface area contributed by atoms with Gasteiger partial charge >= 0.3 is 0 Å². The van der Waals surface area contributed by atoms with Crippen molar-refractivity contribution >= 4 is 10.0 Å². The molecule has 5 nitrogen and oxygen atoms in total. The fourth-order valence-electron chi connectivity index (χ4n) is 2.93. The van der Waals surface area contributed by atoms with Crippen LogP contribution < -0.4 is 10.0 Å². The van der Waals surface area contributed by atoms with E-state index in [-0.39, 0.29) is 5.09 Å². The Labute approximate surface area is 121 Å². The minimum absolute atomic E-state index is 0.0251. The van der Waals surface area contributed by atoms with Crippen LogP contribution in [0.15, 0.2) is 21.6 Å². The first kappa shape index (κ1) is 15.5. The molecule has 6 heteroatoms. The molecule has 1 heterocycles. The molecule has 0 amide bonds. The van der Waals surface area contributed by atoms with Gasteiger partial charge in [0.15, 0.2) is 0 Å². The summed E-state index contributed by atoms with van der Waals surface area (Å²) in [5.74, 6) is 0.656. The zero-order valence-corrected chi connectivity index (χ0v) is 13.1. The maximum absolute atomic E-state index is 11.6. The summed E-state index contributed by atoms with van der Waals surface area (Å²) in [7, 11) is -2.10. The van der Waals surface area contributed by atoms with Crippen LogP contribution in [0.4, 0.5) is 0 Å². The molecule has 0 radical (unpaired) electrons. The van der Waals surface area contributed by atoms with Crippen molar-refractivity contribution in [1.29, 1.82) is 0 Å². The van der Waals surface area contributed by atoms with Gasteiger partial charge in [-0.1, -0.05) is 19.8 Å². The Morgan fingerprint density at radius 1 is 1.30 bits per heavy atom. The fraction of sp³-hybridized carbons (Fsp3) is 0.714. The number of nitrogens with one attached hydrogen (secondary N) is 2. The van der Waals surface area contributed by atoms with Gasteiger partial charge in [0, 0.05) is 6.54 Å². The van der Waals surface area contributed by atoms with Crippen LogP contribution in [-0.2, 0) is 16.6 Å². The average molecular weight is 300 g/mol. The molecule has 1 aliphatic carbocycles. The molecular weight excluding hydrogens is 276 g/mol. The zero-order chi connectivity index (χ0) is 14.6. The Bertz CT molecular complexity index is 530. The van der Waals surface area contributed by atoms with Crippen LogP contribution in [0.25, 0.3) is 0 Å². The SMILES string of the molecule is CCC1(CNCc2ccc(S(=O)(=O)NC)o2)CCCC1. The smallest absolute Gasteiger partial charge is 0.273 e. The van der Waals surface area contributed by atoms with Gasteiger partial charge in [-0.25, -0.2) is 13.1 Å². The largest absolute Gasteiger partial charge is 0.447 e. The van der Waals surface area contributed by atoms with E-state index in [2.05, 4.69) is 17.0 Å². The summed E-state index contributed by atoms with van der Waals surface area (Å²) in [5.41, 5.74) is 0.423. The Hall–Kier alpha value is -0.850. The molecule has 1 saturated carbocycles. The van der Waals surface area contributed by atoms with Gasteiger partial charge in [-0.05, 0) is 43.9 Å². The minimum atomic E-state index is -3.48. The highest BCUT2D eigenvalue weighted by Gasteiger charge is 2.31. The van der Waals surface area contributed by atoms with Crippen molar-refractivity contribution in [1.82, 2.24) is 10.0 Å². The monoisotopic (exact) mass is 300 g/mol. The highest BCUT2D eigenvalue weighted by Crippen LogP contribution is 2.40. The molecule has 1 aromatic rings. The van der Waals surface area contributed by atoms with E-state index >= 15 is 0 Å². The summed E-state index contributed by atoms with van der Waals surface area (Å²) in [6.45, 7) is 3.79. The maximum Gasteiger partial charge on any atom is 0.273 e. The molecule has 114 valence electrons. The predicted molar refractivity (Wildman–Crippen MR) is 77.9 cm³/mol. The molecule has 0 saturated heterocycles. The third-order valence-corrected chi connectivity index (χ3v) is 5.67. The number of rotatable bonds is 7. The van der Waals surface area contributed by atoms with Crippen LogP contribution >= 0.6 is 0 Å². The lowest BCUT2D eigenvalue weighted by atomic mass is 9.83. The average Bonchev–Trinajstić information content (AvgIpc) is 3.09. The topological polar surface area (TPSA) is 71.3 Å². The van der Waals surface area contributed by atoms with Gasteiger partial charge in [0.25, 0.3) is 10.0 Å². The summed E-state index contributed by atoms with van der Waals surface area (Å²) in [4.78, 5) is 0. The van der Waals surface area contributed by atoms with Gasteiger partial charge in [0.05, 0.1) is 6.54 Å². The molecule has 1 aliphatic rings. The molecule has 0 aliphatic heterocycles. The quantitative estimate of drug-likeness (QED) is 0.810. The molecule has 0 aromatic carbocycles. The van der Waals surface area contributed by atoms with Crippen molar-refractivity contribution in [2.75, 3.05) is 13.6 Å². The molecule has 0 bridgehead atoms. The van der Waals surface area contributed by atoms with Crippen LogP contribution in [0.5, 0.6) is 0 Å². The van der Waals surface area contributed by atoms with Crippen LogP contribution in [0, 0.1) is 5.41 Å². The standard InChI is InChI=1S/C14H24N2O3S/c1-3-14(8-4-5-9-14)11-16-10-12-6-7-13(19-12)20(17,18)15-2/h6-7,15-16H,3-5,8-11H2,1-2H3. The van der Waals surface area contributed by atoms with E-state index in [0.29, 0.717) is 17.7 Å². The van der Waals surface area contributed by atoms with E-state index in [1.807, 2.05) is 0 Å². The van der Waals surface area contributed by atoms with E-state index in [1.54, 1.807) is 6.07 Å². The molecular formula is C14H24N2O3S. The second-order valence-electron chi connectivity index (χ2n) is 5.59. The van der Waals surface area contributed by atoms with Crippen LogP contribution in [0.2, 0.25) is 0 Å². The van der Waals surface area contributed by atoms with Gasteiger partial charge < -0.3 is 9.73 Å². The minimum Gasteiger partial charge on any atom is -0.447 e. The number of sulfonamides is 1. The predicted octanol–water partition coefficient (Wildman–Crippen LogP) is 2.25. The van der Waals surface area contributed by atoms with Gasteiger partial charge in [0.1, 0.15) is 5.76 Å². The third kappa shape index (κ3) is 3.42. The fourth-order valence-corrected chi connectivity index (χ4v) is 3.59. The normalized spacial score (nSPS) is 18.5. The summed E-state index contributed by atoms with van der Waals surface area (Å²) in [6, 6.07) is 3.21. The Balaban J connectivity index is 1.89. The zero-order valence-electron chi connectivity index (χ0n) is 12.2. The van der Waals surface area contributed by atoms with Crippen molar-refractivity contribution in [3.05, 3.63) is 17.9 Å².